The molecule has 146 valence electrons. The van der Waals surface area contributed by atoms with E-state index in [-0.39, 0.29) is 5.97 Å². The van der Waals surface area contributed by atoms with Gasteiger partial charge in [-0.2, -0.15) is 0 Å². The van der Waals surface area contributed by atoms with Gasteiger partial charge in [-0.3, -0.25) is 0 Å². The Morgan fingerprint density at radius 3 is 2.64 bits per heavy atom. The summed E-state index contributed by atoms with van der Waals surface area (Å²) in [7, 11) is 0. The minimum Gasteiger partial charge on any atom is -0.422 e. The van der Waals surface area contributed by atoms with Gasteiger partial charge in [-0.05, 0) is 67.4 Å². The zero-order chi connectivity index (χ0) is 19.8. The molecule has 2 aromatic rings. The van der Waals surface area contributed by atoms with Gasteiger partial charge in [0.2, 0.25) is 0 Å². The molecule has 0 N–H and O–H groups in total. The molecule has 0 aromatic heterocycles. The first kappa shape index (κ1) is 20.1. The average molecular weight is 375 g/mol. The summed E-state index contributed by atoms with van der Waals surface area (Å²) in [6, 6.07) is 15.6. The van der Waals surface area contributed by atoms with E-state index in [1.165, 1.54) is 30.4 Å². The fourth-order valence-electron chi connectivity index (χ4n) is 3.86. The van der Waals surface area contributed by atoms with Crippen LogP contribution in [-0.2, 0) is 6.42 Å². The van der Waals surface area contributed by atoms with E-state index in [9.17, 15) is 4.79 Å². The largest absolute Gasteiger partial charge is 0.422 e. The van der Waals surface area contributed by atoms with E-state index in [0.29, 0.717) is 11.3 Å². The van der Waals surface area contributed by atoms with Gasteiger partial charge in [-0.15, -0.1) is 6.58 Å². The molecule has 1 aliphatic rings. The molecule has 0 saturated heterocycles. The van der Waals surface area contributed by atoms with Crippen molar-refractivity contribution in [1.82, 2.24) is 0 Å². The van der Waals surface area contributed by atoms with Crippen molar-refractivity contribution in [2.24, 2.45) is 5.92 Å². The Morgan fingerprint density at radius 1 is 1.18 bits per heavy atom. The molecule has 2 heteroatoms. The van der Waals surface area contributed by atoms with Crippen molar-refractivity contribution in [3.05, 3.63) is 84.0 Å². The average Bonchev–Trinajstić information content (AvgIpc) is 2.74. The van der Waals surface area contributed by atoms with Crippen LogP contribution in [0, 0.1) is 5.92 Å². The minimum absolute atomic E-state index is 0.303. The zero-order valence-corrected chi connectivity index (χ0v) is 16.8. The number of carbonyl (C=O) groups excluding carboxylic acids is 1. The highest BCUT2D eigenvalue weighted by molar-refractivity contribution is 5.92. The zero-order valence-electron chi connectivity index (χ0n) is 16.8. The third-order valence-corrected chi connectivity index (χ3v) is 5.48. The Balaban J connectivity index is 1.71. The normalized spacial score (nSPS) is 16.3. The van der Waals surface area contributed by atoms with E-state index in [0.717, 1.165) is 37.2 Å². The molecule has 0 saturated carbocycles. The summed E-state index contributed by atoms with van der Waals surface area (Å²) < 4.78 is 5.78. The van der Waals surface area contributed by atoms with E-state index in [1.807, 2.05) is 48.5 Å². The first-order valence-corrected chi connectivity index (χ1v) is 10.4. The summed E-state index contributed by atoms with van der Waals surface area (Å²) in [4.78, 5) is 12.7. The highest BCUT2D eigenvalue weighted by Crippen LogP contribution is 2.36. The lowest BCUT2D eigenvalue weighted by Gasteiger charge is -2.22. The van der Waals surface area contributed by atoms with Crippen molar-refractivity contribution in [2.75, 3.05) is 0 Å². The number of benzene rings is 2. The summed E-state index contributed by atoms with van der Waals surface area (Å²) in [5.41, 5.74) is 4.13. The molecule has 0 radical (unpaired) electrons. The quantitative estimate of drug-likeness (QED) is 0.282. The van der Waals surface area contributed by atoms with Crippen molar-refractivity contribution < 1.29 is 9.53 Å². The molecule has 0 aliphatic heterocycles. The van der Waals surface area contributed by atoms with Gasteiger partial charge in [0.15, 0.2) is 0 Å². The number of esters is 1. The molecule has 1 unspecified atom stereocenters. The molecule has 3 rings (SSSR count). The van der Waals surface area contributed by atoms with Crippen molar-refractivity contribution in [3.63, 3.8) is 0 Å². The van der Waals surface area contributed by atoms with Crippen LogP contribution >= 0.6 is 0 Å². The molecule has 28 heavy (non-hydrogen) atoms. The van der Waals surface area contributed by atoms with E-state index >= 15 is 0 Å². The van der Waals surface area contributed by atoms with Gasteiger partial charge in [0.1, 0.15) is 5.75 Å². The summed E-state index contributed by atoms with van der Waals surface area (Å²) in [6.45, 7) is 6.00. The molecule has 1 aliphatic carbocycles. The second kappa shape index (κ2) is 10.1. The summed E-state index contributed by atoms with van der Waals surface area (Å²) in [5.74, 6) is 1.15. The van der Waals surface area contributed by atoms with Gasteiger partial charge in [0.05, 0.1) is 5.56 Å². The number of carbonyl (C=O) groups is 1. The number of aryl methyl sites for hydroxylation is 1. The summed E-state index contributed by atoms with van der Waals surface area (Å²) in [6.07, 6.45) is 12.1. The monoisotopic (exact) mass is 374 g/mol. The summed E-state index contributed by atoms with van der Waals surface area (Å²) in [5, 5.41) is 0. The predicted octanol–water partition coefficient (Wildman–Crippen LogP) is 7.01. The highest BCUT2D eigenvalue weighted by Gasteiger charge is 2.18. The molecule has 2 aromatic carbocycles. The first-order valence-electron chi connectivity index (χ1n) is 10.4. The van der Waals surface area contributed by atoms with Gasteiger partial charge in [0.25, 0.3) is 0 Å². The lowest BCUT2D eigenvalue weighted by Crippen LogP contribution is -2.11. The lowest BCUT2D eigenvalue weighted by atomic mass is 9.84. The molecule has 0 bridgehead atoms. The molecular formula is C26H30O2. The van der Waals surface area contributed by atoms with E-state index in [2.05, 4.69) is 25.6 Å². The second-order valence-electron chi connectivity index (χ2n) is 7.57. The Morgan fingerprint density at radius 2 is 1.96 bits per heavy atom. The van der Waals surface area contributed by atoms with Crippen molar-refractivity contribution in [2.45, 2.75) is 51.9 Å². The molecule has 0 amide bonds. The van der Waals surface area contributed by atoms with Crippen LogP contribution in [0.4, 0.5) is 0 Å². The van der Waals surface area contributed by atoms with Crippen molar-refractivity contribution >= 4 is 11.5 Å². The standard InChI is InChI=1S/C26H30O2/c1-3-5-9-21-14-18-23(19-15-21)26(27)28-25-11-7-6-10-24(25)22-16-12-20(8-4-2)13-17-22/h3,6-7,10-11,14-16,18-20H,1,4-5,8-9,12-13,17H2,2H3. The van der Waals surface area contributed by atoms with Crippen molar-refractivity contribution in [1.29, 1.82) is 0 Å². The first-order chi connectivity index (χ1) is 13.7. The molecular weight excluding hydrogens is 344 g/mol. The molecule has 1 atom stereocenters. The molecule has 0 heterocycles. The third-order valence-electron chi connectivity index (χ3n) is 5.48. The number of para-hydroxylation sites is 1. The minimum atomic E-state index is -0.303. The van der Waals surface area contributed by atoms with Crippen LogP contribution in [0.15, 0.2) is 67.3 Å². The highest BCUT2D eigenvalue weighted by atomic mass is 16.5. The number of hydrogen-bond donors (Lipinski definition) is 0. The van der Waals surface area contributed by atoms with Crippen molar-refractivity contribution in [3.8, 4) is 5.75 Å². The predicted molar refractivity (Wildman–Crippen MR) is 117 cm³/mol. The maximum atomic E-state index is 12.7. The molecule has 2 nitrogen and oxygen atoms in total. The van der Waals surface area contributed by atoms with Crippen LogP contribution in [0.3, 0.4) is 0 Å². The van der Waals surface area contributed by atoms with Gasteiger partial charge in [-0.25, -0.2) is 4.79 Å². The van der Waals surface area contributed by atoms with E-state index in [4.69, 9.17) is 4.74 Å². The molecule has 0 spiro atoms. The van der Waals surface area contributed by atoms with Crippen LogP contribution < -0.4 is 4.74 Å². The van der Waals surface area contributed by atoms with Gasteiger partial charge < -0.3 is 4.74 Å². The van der Waals surface area contributed by atoms with Gasteiger partial charge in [-0.1, -0.05) is 62.2 Å². The topological polar surface area (TPSA) is 26.3 Å². The number of hydrogen-bond acceptors (Lipinski definition) is 2. The maximum Gasteiger partial charge on any atom is 0.343 e. The Hall–Kier alpha value is -2.61. The lowest BCUT2D eigenvalue weighted by molar-refractivity contribution is 0.0734. The van der Waals surface area contributed by atoms with Crippen LogP contribution in [0.5, 0.6) is 5.75 Å². The SMILES string of the molecule is C=CCCc1ccc(C(=O)Oc2ccccc2C2=CCC(CCC)CC2)cc1. The van der Waals surface area contributed by atoms with Crippen LogP contribution in [0.1, 0.15) is 66.9 Å². The second-order valence-corrected chi connectivity index (χ2v) is 7.57. The fourth-order valence-corrected chi connectivity index (χ4v) is 3.86. The maximum absolute atomic E-state index is 12.7. The number of rotatable bonds is 8. The Labute approximate surface area is 168 Å². The smallest absolute Gasteiger partial charge is 0.343 e. The van der Waals surface area contributed by atoms with Gasteiger partial charge >= 0.3 is 5.97 Å². The molecule has 0 fully saturated rings. The van der Waals surface area contributed by atoms with Crippen LogP contribution in [0.2, 0.25) is 0 Å². The van der Waals surface area contributed by atoms with E-state index < -0.39 is 0 Å². The summed E-state index contributed by atoms with van der Waals surface area (Å²) >= 11 is 0. The Kier molecular flexibility index (Phi) is 7.25. The van der Waals surface area contributed by atoms with Gasteiger partial charge in [0, 0.05) is 5.56 Å². The van der Waals surface area contributed by atoms with Crippen LogP contribution in [0.25, 0.3) is 5.57 Å². The third kappa shape index (κ3) is 5.22. The number of ether oxygens (including phenoxy) is 1. The van der Waals surface area contributed by atoms with E-state index in [1.54, 1.807) is 0 Å². The van der Waals surface area contributed by atoms with Crippen LogP contribution in [-0.4, -0.2) is 5.97 Å². The number of allylic oxidation sites excluding steroid dienone is 3. The fraction of sp³-hybridized carbons (Fsp3) is 0.346. The Bertz CT molecular complexity index is 830.